The highest BCUT2D eigenvalue weighted by Gasteiger charge is 1.99. The van der Waals surface area contributed by atoms with Gasteiger partial charge in [-0.15, -0.1) is 0 Å². The first-order valence-electron chi connectivity index (χ1n) is 5.09. The number of nitrogens with one attached hydrogen (secondary N) is 1. The lowest BCUT2D eigenvalue weighted by atomic mass is 10.2. The topological polar surface area (TPSA) is 67.5 Å². The zero-order valence-corrected chi connectivity index (χ0v) is 8.94. The molecular formula is C11H18N2O2. The Labute approximate surface area is 90.1 Å². The van der Waals surface area contributed by atoms with Crippen molar-refractivity contribution in [1.29, 1.82) is 0 Å². The van der Waals surface area contributed by atoms with Crippen molar-refractivity contribution in [3.05, 3.63) is 24.3 Å². The number of hydrogen-bond donors (Lipinski definition) is 3. The predicted octanol–water partition coefficient (Wildman–Crippen LogP) is 0.817. The van der Waals surface area contributed by atoms with E-state index in [1.54, 1.807) is 0 Å². The average molecular weight is 210 g/mol. The van der Waals surface area contributed by atoms with E-state index in [9.17, 15) is 0 Å². The van der Waals surface area contributed by atoms with E-state index in [4.69, 9.17) is 15.6 Å². The lowest BCUT2D eigenvalue weighted by Gasteiger charge is -2.11. The molecule has 0 aliphatic heterocycles. The van der Waals surface area contributed by atoms with Crippen LogP contribution in [0.2, 0.25) is 0 Å². The van der Waals surface area contributed by atoms with Crippen molar-refractivity contribution in [2.24, 2.45) is 5.73 Å². The molecule has 0 aromatic heterocycles. The van der Waals surface area contributed by atoms with Crippen LogP contribution in [0.15, 0.2) is 24.3 Å². The average Bonchev–Trinajstić information content (AvgIpc) is 2.28. The highest BCUT2D eigenvalue weighted by atomic mass is 16.5. The van der Waals surface area contributed by atoms with Gasteiger partial charge in [0.15, 0.2) is 0 Å². The summed E-state index contributed by atoms with van der Waals surface area (Å²) in [7, 11) is 0. The van der Waals surface area contributed by atoms with Gasteiger partial charge in [0.05, 0.1) is 13.2 Å². The van der Waals surface area contributed by atoms with Crippen molar-refractivity contribution in [3.8, 4) is 5.75 Å². The molecule has 0 saturated heterocycles. The number of nitrogens with two attached hydrogens (primary N) is 1. The third kappa shape index (κ3) is 4.18. The Bertz CT molecular complexity index is 274. The Morgan fingerprint density at radius 2 is 2.07 bits per heavy atom. The number of benzene rings is 1. The van der Waals surface area contributed by atoms with E-state index in [0.29, 0.717) is 13.2 Å². The largest absolute Gasteiger partial charge is 0.494 e. The van der Waals surface area contributed by atoms with Gasteiger partial charge in [-0.05, 0) is 31.2 Å². The van der Waals surface area contributed by atoms with Crippen LogP contribution in [-0.2, 0) is 0 Å². The molecule has 1 aromatic carbocycles. The Morgan fingerprint density at radius 1 is 1.40 bits per heavy atom. The van der Waals surface area contributed by atoms with E-state index in [1.165, 1.54) is 0 Å². The minimum absolute atomic E-state index is 0.00989. The van der Waals surface area contributed by atoms with Gasteiger partial charge in [0.1, 0.15) is 5.75 Å². The summed E-state index contributed by atoms with van der Waals surface area (Å²) in [5.74, 6) is 0.856. The zero-order valence-electron chi connectivity index (χ0n) is 8.94. The number of ether oxygens (including phenoxy) is 1. The molecule has 0 bridgehead atoms. The third-order valence-corrected chi connectivity index (χ3v) is 1.97. The van der Waals surface area contributed by atoms with Crippen LogP contribution < -0.4 is 15.8 Å². The van der Waals surface area contributed by atoms with Gasteiger partial charge in [0, 0.05) is 18.3 Å². The number of hydrogen-bond acceptors (Lipinski definition) is 4. The molecule has 0 fully saturated rings. The van der Waals surface area contributed by atoms with E-state index in [1.807, 2.05) is 31.2 Å². The first-order chi connectivity index (χ1) is 7.26. The summed E-state index contributed by atoms with van der Waals surface area (Å²) >= 11 is 0. The molecule has 4 N–H and O–H groups in total. The molecule has 4 nitrogen and oxygen atoms in total. The van der Waals surface area contributed by atoms with Crippen molar-refractivity contribution >= 4 is 5.69 Å². The first-order valence-corrected chi connectivity index (χ1v) is 5.09. The second-order valence-corrected chi connectivity index (χ2v) is 3.28. The van der Waals surface area contributed by atoms with Gasteiger partial charge in [-0.25, -0.2) is 0 Å². The van der Waals surface area contributed by atoms with Crippen LogP contribution in [0.3, 0.4) is 0 Å². The maximum atomic E-state index is 8.74. The summed E-state index contributed by atoms with van der Waals surface area (Å²) in [6.45, 7) is 3.17. The number of aliphatic hydroxyl groups excluding tert-OH is 1. The smallest absolute Gasteiger partial charge is 0.119 e. The van der Waals surface area contributed by atoms with E-state index in [0.717, 1.165) is 11.4 Å². The summed E-state index contributed by atoms with van der Waals surface area (Å²) in [5, 5.41) is 11.9. The molecule has 0 aliphatic carbocycles. The van der Waals surface area contributed by atoms with Gasteiger partial charge in [-0.3, -0.25) is 0 Å². The molecule has 84 valence electrons. The van der Waals surface area contributed by atoms with Crippen LogP contribution in [0.4, 0.5) is 5.69 Å². The van der Waals surface area contributed by atoms with Crippen LogP contribution in [0, 0.1) is 0 Å². The number of anilines is 1. The normalized spacial score (nSPS) is 12.2. The highest BCUT2D eigenvalue weighted by Crippen LogP contribution is 2.15. The van der Waals surface area contributed by atoms with E-state index >= 15 is 0 Å². The van der Waals surface area contributed by atoms with Crippen LogP contribution in [-0.4, -0.2) is 30.9 Å². The Hall–Kier alpha value is -1.26. The van der Waals surface area contributed by atoms with Crippen molar-refractivity contribution in [2.45, 2.75) is 13.0 Å². The van der Waals surface area contributed by atoms with Gasteiger partial charge in [0.2, 0.25) is 0 Å². The van der Waals surface area contributed by atoms with Crippen molar-refractivity contribution in [3.63, 3.8) is 0 Å². The highest BCUT2D eigenvalue weighted by molar-refractivity contribution is 5.46. The molecule has 0 aliphatic rings. The molecule has 4 heteroatoms. The second-order valence-electron chi connectivity index (χ2n) is 3.28. The summed E-state index contributed by atoms with van der Waals surface area (Å²) in [6.07, 6.45) is 0. The number of aliphatic hydroxyl groups is 1. The molecule has 0 radical (unpaired) electrons. The first kappa shape index (κ1) is 11.8. The maximum absolute atomic E-state index is 8.74. The third-order valence-electron chi connectivity index (χ3n) is 1.97. The second kappa shape index (κ2) is 6.27. The van der Waals surface area contributed by atoms with Gasteiger partial charge in [-0.1, -0.05) is 0 Å². The van der Waals surface area contributed by atoms with Gasteiger partial charge in [0.25, 0.3) is 0 Å². The molecular weight excluding hydrogens is 192 g/mol. The predicted molar refractivity (Wildman–Crippen MR) is 61.2 cm³/mol. The SMILES string of the molecule is CCOc1ccc(NCC(N)CO)cc1. The van der Waals surface area contributed by atoms with Crippen molar-refractivity contribution in [2.75, 3.05) is 25.1 Å². The minimum atomic E-state index is -0.225. The molecule has 0 amide bonds. The fourth-order valence-corrected chi connectivity index (χ4v) is 1.15. The van der Waals surface area contributed by atoms with Crippen LogP contribution in [0.25, 0.3) is 0 Å². The molecule has 0 spiro atoms. The lowest BCUT2D eigenvalue weighted by Crippen LogP contribution is -2.32. The summed E-state index contributed by atoms with van der Waals surface area (Å²) in [4.78, 5) is 0. The van der Waals surface area contributed by atoms with Crippen molar-refractivity contribution in [1.82, 2.24) is 0 Å². The van der Waals surface area contributed by atoms with E-state index in [-0.39, 0.29) is 12.6 Å². The standard InChI is InChI=1S/C11H18N2O2/c1-2-15-11-5-3-10(4-6-11)13-7-9(12)8-14/h3-6,9,13-14H,2,7-8,12H2,1H3. The van der Waals surface area contributed by atoms with Crippen molar-refractivity contribution < 1.29 is 9.84 Å². The maximum Gasteiger partial charge on any atom is 0.119 e. The molecule has 15 heavy (non-hydrogen) atoms. The Balaban J connectivity index is 2.42. The van der Waals surface area contributed by atoms with Crippen LogP contribution in [0.5, 0.6) is 5.75 Å². The monoisotopic (exact) mass is 210 g/mol. The lowest BCUT2D eigenvalue weighted by molar-refractivity contribution is 0.270. The summed E-state index contributed by atoms with van der Waals surface area (Å²) in [5.41, 5.74) is 6.54. The molecule has 0 heterocycles. The fourth-order valence-electron chi connectivity index (χ4n) is 1.15. The Morgan fingerprint density at radius 3 is 2.60 bits per heavy atom. The molecule has 1 atom stereocenters. The van der Waals surface area contributed by atoms with Gasteiger partial charge in [-0.2, -0.15) is 0 Å². The van der Waals surface area contributed by atoms with Gasteiger partial charge < -0.3 is 20.9 Å². The molecule has 1 aromatic rings. The summed E-state index contributed by atoms with van der Waals surface area (Å²) in [6, 6.07) is 7.42. The fraction of sp³-hybridized carbons (Fsp3) is 0.455. The van der Waals surface area contributed by atoms with Gasteiger partial charge >= 0.3 is 0 Å². The van der Waals surface area contributed by atoms with Crippen LogP contribution in [0.1, 0.15) is 6.92 Å². The van der Waals surface area contributed by atoms with E-state index in [2.05, 4.69) is 5.32 Å². The molecule has 0 saturated carbocycles. The van der Waals surface area contributed by atoms with E-state index < -0.39 is 0 Å². The van der Waals surface area contributed by atoms with Crippen LogP contribution >= 0.6 is 0 Å². The molecule has 1 rings (SSSR count). The quantitative estimate of drug-likeness (QED) is 0.650. The minimum Gasteiger partial charge on any atom is -0.494 e. The zero-order chi connectivity index (χ0) is 11.1. The Kier molecular flexibility index (Phi) is 4.93. The number of rotatable bonds is 6. The summed E-state index contributed by atoms with van der Waals surface area (Å²) < 4.78 is 5.32. The molecule has 1 unspecified atom stereocenters.